The zero-order valence-corrected chi connectivity index (χ0v) is 9.09. The van der Waals surface area contributed by atoms with Crippen LogP contribution in [0.4, 0.5) is 5.69 Å². The molecule has 5 nitrogen and oxygen atoms in total. The average Bonchev–Trinajstić information content (AvgIpc) is 2.80. The minimum absolute atomic E-state index is 0.639. The summed E-state index contributed by atoms with van der Waals surface area (Å²) < 4.78 is 0. The van der Waals surface area contributed by atoms with Crippen LogP contribution in [0.5, 0.6) is 0 Å². The van der Waals surface area contributed by atoms with Gasteiger partial charge in [0.15, 0.2) is 5.65 Å². The van der Waals surface area contributed by atoms with Crippen LogP contribution in [0.2, 0.25) is 0 Å². The standard InChI is InChI=1S/C12H11N5/c1-2-4-9(5-3-1)14-7-11-16-10-6-13-8-15-12(10)17-11/h1-6,8,14H,7H2,(H,13,15,16,17). The van der Waals surface area contributed by atoms with Crippen LogP contribution < -0.4 is 5.32 Å². The monoisotopic (exact) mass is 225 g/mol. The number of benzene rings is 1. The molecular weight excluding hydrogens is 214 g/mol. The minimum atomic E-state index is 0.639. The first-order valence-corrected chi connectivity index (χ1v) is 5.35. The molecule has 0 spiro atoms. The van der Waals surface area contributed by atoms with Crippen LogP contribution in [0.1, 0.15) is 5.82 Å². The maximum absolute atomic E-state index is 4.36. The summed E-state index contributed by atoms with van der Waals surface area (Å²) in [5, 5.41) is 3.28. The molecule has 0 bridgehead atoms. The van der Waals surface area contributed by atoms with Gasteiger partial charge in [0.2, 0.25) is 0 Å². The fraction of sp³-hybridized carbons (Fsp3) is 0.0833. The zero-order chi connectivity index (χ0) is 11.5. The van der Waals surface area contributed by atoms with E-state index in [1.807, 2.05) is 30.3 Å². The molecule has 0 unspecified atom stereocenters. The van der Waals surface area contributed by atoms with E-state index in [-0.39, 0.29) is 0 Å². The SMILES string of the molecule is c1ccc(NCc2nc3ncncc3[nH]2)cc1. The van der Waals surface area contributed by atoms with Gasteiger partial charge in [-0.1, -0.05) is 18.2 Å². The second-order valence-electron chi connectivity index (χ2n) is 3.66. The lowest BCUT2D eigenvalue weighted by molar-refractivity contribution is 1.01. The van der Waals surface area contributed by atoms with E-state index in [0.29, 0.717) is 12.2 Å². The Hall–Kier alpha value is -2.43. The van der Waals surface area contributed by atoms with Crippen molar-refractivity contribution in [3.05, 3.63) is 48.7 Å². The molecule has 0 amide bonds. The summed E-state index contributed by atoms with van der Waals surface area (Å²) in [6, 6.07) is 10.0. The summed E-state index contributed by atoms with van der Waals surface area (Å²) in [4.78, 5) is 15.5. The van der Waals surface area contributed by atoms with Crippen molar-refractivity contribution >= 4 is 16.9 Å². The topological polar surface area (TPSA) is 66.5 Å². The molecule has 3 aromatic rings. The largest absolute Gasteiger partial charge is 0.378 e. The van der Waals surface area contributed by atoms with Crippen LogP contribution in [0, 0.1) is 0 Å². The fourth-order valence-corrected chi connectivity index (χ4v) is 1.64. The van der Waals surface area contributed by atoms with E-state index in [4.69, 9.17) is 0 Å². The Morgan fingerprint density at radius 1 is 1.18 bits per heavy atom. The second kappa shape index (κ2) is 4.21. The summed E-state index contributed by atoms with van der Waals surface area (Å²) in [5.41, 5.74) is 2.63. The molecule has 1 aromatic carbocycles. The van der Waals surface area contributed by atoms with E-state index in [2.05, 4.69) is 25.3 Å². The molecule has 0 aliphatic carbocycles. The maximum Gasteiger partial charge on any atom is 0.180 e. The minimum Gasteiger partial charge on any atom is -0.378 e. The number of para-hydroxylation sites is 1. The van der Waals surface area contributed by atoms with Crippen molar-refractivity contribution in [3.8, 4) is 0 Å². The van der Waals surface area contributed by atoms with Gasteiger partial charge in [-0.2, -0.15) is 0 Å². The number of H-pyrrole nitrogens is 1. The summed E-state index contributed by atoms with van der Waals surface area (Å²) >= 11 is 0. The van der Waals surface area contributed by atoms with Crippen molar-refractivity contribution in [2.75, 3.05) is 5.32 Å². The molecule has 2 heterocycles. The highest BCUT2D eigenvalue weighted by Crippen LogP contribution is 2.09. The van der Waals surface area contributed by atoms with E-state index in [9.17, 15) is 0 Å². The Bertz CT molecular complexity index is 584. The number of nitrogens with one attached hydrogen (secondary N) is 2. The van der Waals surface area contributed by atoms with E-state index in [1.165, 1.54) is 6.33 Å². The van der Waals surface area contributed by atoms with Crippen LogP contribution in [0.3, 0.4) is 0 Å². The molecule has 0 aliphatic rings. The van der Waals surface area contributed by atoms with Crippen LogP contribution >= 0.6 is 0 Å². The molecule has 0 radical (unpaired) electrons. The van der Waals surface area contributed by atoms with Crippen molar-refractivity contribution in [3.63, 3.8) is 0 Å². The first-order valence-electron chi connectivity index (χ1n) is 5.35. The van der Waals surface area contributed by atoms with Crippen LogP contribution in [0.25, 0.3) is 11.2 Å². The van der Waals surface area contributed by atoms with Crippen molar-refractivity contribution in [2.45, 2.75) is 6.54 Å². The Balaban J connectivity index is 1.77. The molecule has 0 aliphatic heterocycles. The second-order valence-corrected chi connectivity index (χ2v) is 3.66. The number of imidazole rings is 1. The predicted molar refractivity (Wildman–Crippen MR) is 65.5 cm³/mol. The van der Waals surface area contributed by atoms with Gasteiger partial charge in [0.25, 0.3) is 0 Å². The van der Waals surface area contributed by atoms with Gasteiger partial charge in [-0.05, 0) is 12.1 Å². The van der Waals surface area contributed by atoms with E-state index in [1.54, 1.807) is 6.20 Å². The molecule has 0 atom stereocenters. The third kappa shape index (κ3) is 2.08. The highest BCUT2D eigenvalue weighted by atomic mass is 15.0. The Morgan fingerprint density at radius 3 is 2.88 bits per heavy atom. The van der Waals surface area contributed by atoms with Crippen molar-refractivity contribution in [1.82, 2.24) is 19.9 Å². The summed E-state index contributed by atoms with van der Waals surface area (Å²) in [7, 11) is 0. The number of aromatic amines is 1. The van der Waals surface area contributed by atoms with E-state index in [0.717, 1.165) is 17.0 Å². The Kier molecular flexibility index (Phi) is 2.42. The number of fused-ring (bicyclic) bond motifs is 1. The fourth-order valence-electron chi connectivity index (χ4n) is 1.64. The quantitative estimate of drug-likeness (QED) is 0.715. The lowest BCUT2D eigenvalue weighted by Crippen LogP contribution is -2.00. The molecule has 0 saturated carbocycles. The number of hydrogen-bond acceptors (Lipinski definition) is 4. The van der Waals surface area contributed by atoms with Crippen molar-refractivity contribution in [2.24, 2.45) is 0 Å². The molecular formula is C12H11N5. The van der Waals surface area contributed by atoms with Gasteiger partial charge in [0.1, 0.15) is 17.7 Å². The molecule has 0 saturated heterocycles. The number of rotatable bonds is 3. The van der Waals surface area contributed by atoms with Crippen molar-refractivity contribution in [1.29, 1.82) is 0 Å². The van der Waals surface area contributed by atoms with Crippen LogP contribution in [0.15, 0.2) is 42.9 Å². The van der Waals surface area contributed by atoms with Gasteiger partial charge in [-0.15, -0.1) is 0 Å². The molecule has 5 heteroatoms. The van der Waals surface area contributed by atoms with Gasteiger partial charge in [0, 0.05) is 5.69 Å². The van der Waals surface area contributed by atoms with E-state index < -0.39 is 0 Å². The third-order valence-corrected chi connectivity index (χ3v) is 2.44. The van der Waals surface area contributed by atoms with Gasteiger partial charge in [-0.25, -0.2) is 15.0 Å². The Morgan fingerprint density at radius 2 is 2.06 bits per heavy atom. The van der Waals surface area contributed by atoms with Crippen LogP contribution in [-0.2, 0) is 6.54 Å². The molecule has 2 N–H and O–H groups in total. The highest BCUT2D eigenvalue weighted by molar-refractivity contribution is 5.68. The van der Waals surface area contributed by atoms with Crippen LogP contribution in [-0.4, -0.2) is 19.9 Å². The Labute approximate surface area is 98.0 Å². The van der Waals surface area contributed by atoms with Gasteiger partial charge in [-0.3, -0.25) is 0 Å². The van der Waals surface area contributed by atoms with E-state index >= 15 is 0 Å². The first kappa shape index (κ1) is 9.77. The third-order valence-electron chi connectivity index (χ3n) is 2.44. The highest BCUT2D eigenvalue weighted by Gasteiger charge is 2.02. The molecule has 84 valence electrons. The molecule has 17 heavy (non-hydrogen) atoms. The number of hydrogen-bond donors (Lipinski definition) is 2. The molecule has 0 fully saturated rings. The average molecular weight is 225 g/mol. The normalized spacial score (nSPS) is 10.6. The van der Waals surface area contributed by atoms with Crippen molar-refractivity contribution < 1.29 is 0 Å². The molecule has 2 aromatic heterocycles. The smallest absolute Gasteiger partial charge is 0.180 e. The summed E-state index contributed by atoms with van der Waals surface area (Å²) in [6.07, 6.45) is 3.22. The summed E-state index contributed by atoms with van der Waals surface area (Å²) in [5.74, 6) is 0.851. The summed E-state index contributed by atoms with van der Waals surface area (Å²) in [6.45, 7) is 0.639. The first-order chi connectivity index (χ1) is 8.42. The lowest BCUT2D eigenvalue weighted by atomic mass is 10.3. The van der Waals surface area contributed by atoms with Gasteiger partial charge < -0.3 is 10.3 Å². The molecule has 3 rings (SSSR count). The van der Waals surface area contributed by atoms with Gasteiger partial charge in [0.05, 0.1) is 12.7 Å². The maximum atomic E-state index is 4.36. The number of aromatic nitrogens is 4. The predicted octanol–water partition coefficient (Wildman–Crippen LogP) is 1.96. The lowest BCUT2D eigenvalue weighted by Gasteiger charge is -2.02. The number of anilines is 1. The zero-order valence-electron chi connectivity index (χ0n) is 9.09. The number of nitrogens with zero attached hydrogens (tertiary/aromatic N) is 3. The van der Waals surface area contributed by atoms with Gasteiger partial charge >= 0.3 is 0 Å².